The van der Waals surface area contributed by atoms with Crippen LogP contribution in [0.4, 0.5) is 4.79 Å². The number of methoxy groups -OCH3 is 1. The fourth-order valence-corrected chi connectivity index (χ4v) is 3.21. The lowest BCUT2D eigenvalue weighted by Gasteiger charge is -2.35. The zero-order valence-electron chi connectivity index (χ0n) is 14.0. The third kappa shape index (κ3) is 3.46. The normalized spacial score (nSPS) is 17.6. The summed E-state index contributed by atoms with van der Waals surface area (Å²) in [6.07, 6.45) is 2.28. The molecular formula is C17H19ClN4O3. The molecule has 7 nitrogen and oxygen atoms in total. The average molecular weight is 363 g/mol. The Hall–Kier alpha value is -2.54. The quantitative estimate of drug-likeness (QED) is 0.820. The number of hydrogen-bond donors (Lipinski definition) is 2. The van der Waals surface area contributed by atoms with Gasteiger partial charge in [0.15, 0.2) is 0 Å². The molecule has 1 aliphatic heterocycles. The van der Waals surface area contributed by atoms with Crippen LogP contribution in [0.25, 0.3) is 0 Å². The lowest BCUT2D eigenvalue weighted by molar-refractivity contribution is -0.142. The lowest BCUT2D eigenvalue weighted by Crippen LogP contribution is -2.50. The summed E-state index contributed by atoms with van der Waals surface area (Å²) in [6.45, 7) is 2.08. The molecule has 0 radical (unpaired) electrons. The van der Waals surface area contributed by atoms with E-state index in [-0.39, 0.29) is 12.1 Å². The highest BCUT2D eigenvalue weighted by Gasteiger charge is 2.35. The fourth-order valence-electron chi connectivity index (χ4n) is 3.01. The van der Waals surface area contributed by atoms with Gasteiger partial charge in [0, 0.05) is 23.7 Å². The van der Waals surface area contributed by atoms with Crippen LogP contribution in [0.2, 0.25) is 5.02 Å². The summed E-state index contributed by atoms with van der Waals surface area (Å²) in [7, 11) is 1.29. The molecule has 0 fully saturated rings. The van der Waals surface area contributed by atoms with E-state index in [4.69, 9.17) is 11.6 Å². The Balaban J connectivity index is 1.92. The van der Waals surface area contributed by atoms with Crippen molar-refractivity contribution in [3.05, 3.63) is 52.6 Å². The van der Waals surface area contributed by atoms with Crippen molar-refractivity contribution in [3.8, 4) is 0 Å². The monoisotopic (exact) mass is 362 g/mol. The number of fused-ring (bicyclic) bond motifs is 1. The van der Waals surface area contributed by atoms with Crippen molar-refractivity contribution in [3.63, 3.8) is 0 Å². The van der Waals surface area contributed by atoms with E-state index in [1.807, 2.05) is 18.2 Å². The first-order chi connectivity index (χ1) is 12.0. The van der Waals surface area contributed by atoms with Crippen molar-refractivity contribution in [2.24, 2.45) is 0 Å². The number of ether oxygens (including phenoxy) is 1. The number of hydrogen-bond acceptors (Lipinski definition) is 4. The Bertz CT molecular complexity index is 792. The molecule has 25 heavy (non-hydrogen) atoms. The maximum atomic E-state index is 12.8. The molecule has 2 N–H and O–H groups in total. The number of carbonyl (C=O) groups is 2. The number of amides is 2. The number of aromatic amines is 1. The Morgan fingerprint density at radius 3 is 3.00 bits per heavy atom. The number of urea groups is 1. The van der Waals surface area contributed by atoms with Crippen molar-refractivity contribution in [1.29, 1.82) is 0 Å². The molecule has 0 aliphatic carbocycles. The molecule has 1 aromatic heterocycles. The summed E-state index contributed by atoms with van der Waals surface area (Å²) in [6, 6.07) is 5.88. The van der Waals surface area contributed by atoms with Crippen LogP contribution in [0, 0.1) is 0 Å². The number of imidazole rings is 1. The lowest BCUT2D eigenvalue weighted by atomic mass is 9.96. The van der Waals surface area contributed by atoms with E-state index in [0.29, 0.717) is 18.0 Å². The molecule has 132 valence electrons. The first-order valence-electron chi connectivity index (χ1n) is 7.94. The van der Waals surface area contributed by atoms with Crippen molar-refractivity contribution < 1.29 is 14.3 Å². The van der Waals surface area contributed by atoms with E-state index in [9.17, 15) is 9.59 Å². The molecule has 0 saturated heterocycles. The van der Waals surface area contributed by atoms with Crippen LogP contribution in [-0.2, 0) is 16.0 Å². The Morgan fingerprint density at radius 2 is 2.28 bits per heavy atom. The van der Waals surface area contributed by atoms with Crippen LogP contribution in [0.3, 0.4) is 0 Å². The number of rotatable bonds is 3. The van der Waals surface area contributed by atoms with Gasteiger partial charge in [-0.3, -0.25) is 0 Å². The number of H-pyrrole nitrogens is 1. The van der Waals surface area contributed by atoms with Crippen LogP contribution in [-0.4, -0.2) is 46.6 Å². The minimum absolute atomic E-state index is 0.350. The van der Waals surface area contributed by atoms with Crippen LogP contribution < -0.4 is 5.32 Å². The number of nitrogens with one attached hydrogen (secondary N) is 2. The van der Waals surface area contributed by atoms with Crippen molar-refractivity contribution in [2.45, 2.75) is 25.4 Å². The van der Waals surface area contributed by atoms with Gasteiger partial charge in [-0.15, -0.1) is 0 Å². The van der Waals surface area contributed by atoms with Crippen molar-refractivity contribution in [1.82, 2.24) is 20.2 Å². The van der Waals surface area contributed by atoms with Gasteiger partial charge in [0.1, 0.15) is 12.1 Å². The maximum Gasteiger partial charge on any atom is 0.328 e. The molecule has 2 atom stereocenters. The zero-order valence-corrected chi connectivity index (χ0v) is 14.7. The number of aromatic nitrogens is 2. The van der Waals surface area contributed by atoms with Gasteiger partial charge in [-0.2, -0.15) is 0 Å². The molecule has 1 aromatic carbocycles. The van der Waals surface area contributed by atoms with Crippen LogP contribution in [0.15, 0.2) is 30.6 Å². The van der Waals surface area contributed by atoms with Gasteiger partial charge >= 0.3 is 12.0 Å². The van der Waals surface area contributed by atoms with Crippen LogP contribution in [0.1, 0.15) is 29.9 Å². The number of benzene rings is 1. The van der Waals surface area contributed by atoms with E-state index in [2.05, 4.69) is 20.0 Å². The largest absolute Gasteiger partial charge is 0.467 e. The van der Waals surface area contributed by atoms with Gasteiger partial charge < -0.3 is 19.9 Å². The Labute approximate surface area is 150 Å². The summed E-state index contributed by atoms with van der Waals surface area (Å²) >= 11 is 6.13. The number of esters is 1. The standard InChI is InChI=1S/C17H19ClN4O3/c1-10(16(23)25-2)21-17(24)22-7-6-13-14(20-9-19-13)15(22)11-4-3-5-12(18)8-11/h3-5,8-10,15H,6-7H2,1-2H3,(H,19,20)(H,21,24). The van der Waals surface area contributed by atoms with E-state index in [0.717, 1.165) is 17.0 Å². The van der Waals surface area contributed by atoms with Gasteiger partial charge in [0.2, 0.25) is 0 Å². The third-order valence-electron chi connectivity index (χ3n) is 4.24. The highest BCUT2D eigenvalue weighted by Crippen LogP contribution is 2.34. The molecule has 1 aliphatic rings. The second kappa shape index (κ2) is 7.14. The topological polar surface area (TPSA) is 87.3 Å². The maximum absolute atomic E-state index is 12.8. The van der Waals surface area contributed by atoms with Crippen molar-refractivity contribution in [2.75, 3.05) is 13.7 Å². The van der Waals surface area contributed by atoms with Gasteiger partial charge in [-0.1, -0.05) is 23.7 Å². The van der Waals surface area contributed by atoms with Gasteiger partial charge in [-0.05, 0) is 24.6 Å². The van der Waals surface area contributed by atoms with Crippen LogP contribution in [0.5, 0.6) is 0 Å². The number of halogens is 1. The third-order valence-corrected chi connectivity index (χ3v) is 4.48. The molecule has 3 rings (SSSR count). The molecule has 0 saturated carbocycles. The van der Waals surface area contributed by atoms with Crippen molar-refractivity contribution >= 4 is 23.6 Å². The highest BCUT2D eigenvalue weighted by atomic mass is 35.5. The highest BCUT2D eigenvalue weighted by molar-refractivity contribution is 6.30. The molecule has 0 spiro atoms. The zero-order chi connectivity index (χ0) is 18.0. The molecule has 2 heterocycles. The molecule has 0 bridgehead atoms. The van der Waals surface area contributed by atoms with E-state index >= 15 is 0 Å². The summed E-state index contributed by atoms with van der Waals surface area (Å²) < 4.78 is 4.66. The molecule has 2 unspecified atom stereocenters. The second-order valence-corrected chi connectivity index (χ2v) is 6.30. The van der Waals surface area contributed by atoms with E-state index in [1.54, 1.807) is 24.2 Å². The minimum Gasteiger partial charge on any atom is -0.467 e. The number of carbonyl (C=O) groups excluding carboxylic acids is 2. The molecule has 8 heteroatoms. The van der Waals surface area contributed by atoms with Gasteiger partial charge in [-0.25, -0.2) is 14.6 Å². The Morgan fingerprint density at radius 1 is 1.48 bits per heavy atom. The average Bonchev–Trinajstić information content (AvgIpc) is 3.08. The predicted molar refractivity (Wildman–Crippen MR) is 92.3 cm³/mol. The summed E-state index contributed by atoms with van der Waals surface area (Å²) in [5.74, 6) is -0.495. The summed E-state index contributed by atoms with van der Waals surface area (Å²) in [5.41, 5.74) is 2.64. The summed E-state index contributed by atoms with van der Waals surface area (Å²) in [5, 5.41) is 3.27. The number of nitrogens with zero attached hydrogens (tertiary/aromatic N) is 2. The van der Waals surface area contributed by atoms with Crippen LogP contribution >= 0.6 is 11.6 Å². The second-order valence-electron chi connectivity index (χ2n) is 5.86. The smallest absolute Gasteiger partial charge is 0.328 e. The SMILES string of the molecule is COC(=O)C(C)NC(=O)N1CCc2[nH]cnc2C1c1cccc(Cl)c1. The first-order valence-corrected chi connectivity index (χ1v) is 8.31. The van der Waals surface area contributed by atoms with E-state index < -0.39 is 12.0 Å². The summed E-state index contributed by atoms with van der Waals surface area (Å²) in [4.78, 5) is 33.5. The Kier molecular flexibility index (Phi) is 4.94. The van der Waals surface area contributed by atoms with Gasteiger partial charge in [0.25, 0.3) is 0 Å². The van der Waals surface area contributed by atoms with Gasteiger partial charge in [0.05, 0.1) is 19.1 Å². The molecule has 2 aromatic rings. The minimum atomic E-state index is -0.738. The fraction of sp³-hybridized carbons (Fsp3) is 0.353. The predicted octanol–water partition coefficient (Wildman–Crippen LogP) is 2.28. The molecular weight excluding hydrogens is 344 g/mol. The molecule has 2 amide bonds. The first kappa shape index (κ1) is 17.3. The van der Waals surface area contributed by atoms with E-state index in [1.165, 1.54) is 7.11 Å².